The van der Waals surface area contributed by atoms with Gasteiger partial charge in [-0.15, -0.1) is 0 Å². The molecular formula is H8AlBCdO3Pb. The van der Waals surface area contributed by atoms with Crippen molar-refractivity contribution in [3.05, 3.63) is 0 Å². The quantitative estimate of drug-likeness (QED) is 0.354. The number of rotatable bonds is 0. The summed E-state index contributed by atoms with van der Waals surface area (Å²) < 4.78 is 0. The second kappa shape index (κ2) is 15.8. The van der Waals surface area contributed by atoms with Crippen LogP contribution < -0.4 is 0 Å². The van der Waals surface area contributed by atoms with Gasteiger partial charge in [0.2, 0.25) is 0 Å². The SMILES string of the molecule is OB(O)O.[AlH3].[Cd].[PbH2]. The Balaban J connectivity index is -0.0000000150. The molecule has 3 N–H and O–H groups in total. The monoisotopic (exact) mass is 416 g/mol. The van der Waals surface area contributed by atoms with E-state index in [0.717, 1.165) is 0 Å². The normalized spacial score (nSPS) is 3.86. The van der Waals surface area contributed by atoms with Gasteiger partial charge in [-0.3, -0.25) is 0 Å². The first-order chi connectivity index (χ1) is 1.73. The van der Waals surface area contributed by atoms with Crippen LogP contribution in [0.3, 0.4) is 0 Å². The molecule has 7 heteroatoms. The third-order valence-corrected chi connectivity index (χ3v) is 0. The predicted molar refractivity (Wildman–Crippen MR) is 30.9 cm³/mol. The van der Waals surface area contributed by atoms with E-state index in [4.69, 9.17) is 15.1 Å². The molecule has 2 radical (unpaired) electrons. The van der Waals surface area contributed by atoms with E-state index in [2.05, 4.69) is 0 Å². The zero-order valence-electron chi connectivity index (χ0n) is 3.33. The van der Waals surface area contributed by atoms with Crippen molar-refractivity contribution in [2.75, 3.05) is 0 Å². The predicted octanol–water partition coefficient (Wildman–Crippen LogP) is -4.15. The second-order valence-electron chi connectivity index (χ2n) is 0.346. The Kier molecular flexibility index (Phi) is 51.3. The summed E-state index contributed by atoms with van der Waals surface area (Å²) in [5.74, 6) is 0. The van der Waals surface area contributed by atoms with Gasteiger partial charge in [-0.1, -0.05) is 0 Å². The first-order valence-corrected chi connectivity index (χ1v) is 0.775. The summed E-state index contributed by atoms with van der Waals surface area (Å²) in [5.41, 5.74) is 0. The molecule has 0 bridgehead atoms. The Morgan fingerprint density at radius 1 is 1.00 bits per heavy atom. The van der Waals surface area contributed by atoms with E-state index in [1.165, 1.54) is 0 Å². The maximum absolute atomic E-state index is 7.17. The maximum atomic E-state index is 7.17. The van der Waals surface area contributed by atoms with E-state index in [-0.39, 0.29) is 72.0 Å². The Hall–Kier alpha value is 2.32. The molecular weight excluding hydrogens is 405 g/mol. The minimum atomic E-state index is -2.17. The summed E-state index contributed by atoms with van der Waals surface area (Å²) in [6.45, 7) is 0. The summed E-state index contributed by atoms with van der Waals surface area (Å²) in [6, 6.07) is 0. The molecule has 0 aliphatic carbocycles. The van der Waals surface area contributed by atoms with Gasteiger partial charge < -0.3 is 15.1 Å². The van der Waals surface area contributed by atoms with Crippen LogP contribution in [0.25, 0.3) is 0 Å². The third kappa shape index (κ3) is 61.7. The molecule has 0 saturated carbocycles. The average Bonchev–Trinajstić information content (AvgIpc) is 0.811. The van der Waals surface area contributed by atoms with Crippen LogP contribution in [-0.2, 0) is 27.3 Å². The molecule has 0 amide bonds. The van der Waals surface area contributed by atoms with Gasteiger partial charge in [0.05, 0.1) is 0 Å². The van der Waals surface area contributed by atoms with Gasteiger partial charge in [-0.05, 0) is 0 Å². The van der Waals surface area contributed by atoms with Gasteiger partial charge >= 0.3 is 34.6 Å². The first kappa shape index (κ1) is 22.8. The molecule has 0 aliphatic rings. The zero-order chi connectivity index (χ0) is 3.58. The number of hydrogen-bond donors (Lipinski definition) is 3. The molecule has 0 unspecified atom stereocenters. The van der Waals surface area contributed by atoms with Crippen LogP contribution in [0, 0.1) is 0 Å². The van der Waals surface area contributed by atoms with Gasteiger partial charge in [-0.2, -0.15) is 0 Å². The van der Waals surface area contributed by atoms with Crippen molar-refractivity contribution < 1.29 is 42.4 Å². The topological polar surface area (TPSA) is 60.7 Å². The van der Waals surface area contributed by atoms with Crippen LogP contribution >= 0.6 is 0 Å². The van der Waals surface area contributed by atoms with E-state index in [1.807, 2.05) is 0 Å². The van der Waals surface area contributed by atoms with Gasteiger partial charge in [0.1, 0.15) is 0 Å². The second-order valence-corrected chi connectivity index (χ2v) is 0.346. The molecule has 0 spiro atoms. The van der Waals surface area contributed by atoms with Gasteiger partial charge in [0.25, 0.3) is 0 Å². The van der Waals surface area contributed by atoms with Crippen molar-refractivity contribution in [3.63, 3.8) is 0 Å². The summed E-state index contributed by atoms with van der Waals surface area (Å²) in [4.78, 5) is 0. The molecule has 0 aromatic rings. The average molecular weight is 413 g/mol. The number of hydrogen-bond acceptors (Lipinski definition) is 3. The van der Waals surface area contributed by atoms with E-state index in [0.29, 0.717) is 0 Å². The molecule has 0 aromatic heterocycles. The van der Waals surface area contributed by atoms with Crippen molar-refractivity contribution in [1.29, 1.82) is 0 Å². The Labute approximate surface area is 93.1 Å². The van der Waals surface area contributed by atoms with Crippen LogP contribution in [0.2, 0.25) is 0 Å². The molecule has 0 fully saturated rings. The Morgan fingerprint density at radius 2 is 1.00 bits per heavy atom. The molecule has 7 heavy (non-hydrogen) atoms. The standard InChI is InChI=1S/Al.BH3O3.Cd.Pb.5H/c;2-1(3)4;;;;;;;/h;2-4H;;;;;;;. The van der Waals surface area contributed by atoms with Crippen molar-refractivity contribution in [1.82, 2.24) is 0 Å². The summed E-state index contributed by atoms with van der Waals surface area (Å²) in [6.07, 6.45) is 0. The van der Waals surface area contributed by atoms with E-state index >= 15 is 0 Å². The molecule has 3 nitrogen and oxygen atoms in total. The van der Waals surface area contributed by atoms with Gasteiger partial charge in [0.15, 0.2) is 17.4 Å². The van der Waals surface area contributed by atoms with Crippen LogP contribution in [0.15, 0.2) is 0 Å². The van der Waals surface area contributed by atoms with E-state index in [1.54, 1.807) is 0 Å². The molecule has 0 aromatic carbocycles. The van der Waals surface area contributed by atoms with Gasteiger partial charge in [0, 0.05) is 27.3 Å². The van der Waals surface area contributed by atoms with Crippen molar-refractivity contribution in [2.24, 2.45) is 0 Å². The fourth-order valence-electron chi connectivity index (χ4n) is 0. The van der Waals surface area contributed by atoms with Crippen molar-refractivity contribution in [2.45, 2.75) is 0 Å². The van der Waals surface area contributed by atoms with E-state index in [9.17, 15) is 0 Å². The molecule has 0 saturated heterocycles. The third-order valence-electron chi connectivity index (χ3n) is 0. The molecule has 38 valence electrons. The Bertz CT molecular complexity index is 19.7. The molecule has 0 aliphatic heterocycles. The summed E-state index contributed by atoms with van der Waals surface area (Å²) in [7, 11) is -2.17. The minimum absolute atomic E-state index is 0. The van der Waals surface area contributed by atoms with Crippen LogP contribution in [0.1, 0.15) is 0 Å². The zero-order valence-corrected chi connectivity index (χ0v) is 12.9. The fourth-order valence-corrected chi connectivity index (χ4v) is 0. The van der Waals surface area contributed by atoms with Crippen molar-refractivity contribution in [3.8, 4) is 0 Å². The summed E-state index contributed by atoms with van der Waals surface area (Å²) >= 11 is 0. The van der Waals surface area contributed by atoms with E-state index < -0.39 is 7.32 Å². The molecule has 0 rings (SSSR count). The fraction of sp³-hybridized carbons (Fsp3) is 0. The van der Waals surface area contributed by atoms with Gasteiger partial charge in [-0.25, -0.2) is 0 Å². The first-order valence-electron chi connectivity index (χ1n) is 0.775. The Morgan fingerprint density at radius 3 is 1.00 bits per heavy atom. The molecule has 0 atom stereocenters. The molecule has 0 heterocycles. The van der Waals surface area contributed by atoms with Crippen LogP contribution in [0.4, 0.5) is 0 Å². The van der Waals surface area contributed by atoms with Crippen molar-refractivity contribution >= 4 is 52.0 Å². The summed E-state index contributed by atoms with van der Waals surface area (Å²) in [5, 5.41) is 21.5. The van der Waals surface area contributed by atoms with Crippen LogP contribution in [-0.4, -0.2) is 67.1 Å². The van der Waals surface area contributed by atoms with Crippen LogP contribution in [0.5, 0.6) is 0 Å².